The van der Waals surface area contributed by atoms with Crippen molar-refractivity contribution in [1.29, 1.82) is 0 Å². The number of aromatic carboxylic acids is 1. The smallest absolute Gasteiger partial charge is 0.339 e. The number of amides is 1. The lowest BCUT2D eigenvalue weighted by atomic mass is 10.2. The van der Waals surface area contributed by atoms with Gasteiger partial charge in [-0.25, -0.2) is 4.79 Å². The van der Waals surface area contributed by atoms with Crippen LogP contribution < -0.4 is 10.1 Å². The normalized spacial score (nSPS) is 10.1. The van der Waals surface area contributed by atoms with E-state index in [0.29, 0.717) is 17.0 Å². The molecule has 0 saturated heterocycles. The molecule has 5 nitrogen and oxygen atoms in total. The largest absolute Gasteiger partial charge is 0.478 e. The third-order valence-electron chi connectivity index (χ3n) is 3.51. The number of para-hydroxylation sites is 3. The van der Waals surface area contributed by atoms with Gasteiger partial charge in [0.2, 0.25) is 0 Å². The van der Waals surface area contributed by atoms with Crippen LogP contribution in [0, 0.1) is 0 Å². The molecular formula is C20H15NO4. The Bertz CT molecular complexity index is 906. The summed E-state index contributed by atoms with van der Waals surface area (Å²) in [6.07, 6.45) is 0. The van der Waals surface area contributed by atoms with Crippen LogP contribution in [0.3, 0.4) is 0 Å². The van der Waals surface area contributed by atoms with Crippen molar-refractivity contribution < 1.29 is 19.4 Å². The molecule has 0 radical (unpaired) electrons. The van der Waals surface area contributed by atoms with Crippen LogP contribution in [0.15, 0.2) is 78.9 Å². The molecule has 0 bridgehead atoms. The lowest BCUT2D eigenvalue weighted by molar-refractivity contribution is 0.0694. The summed E-state index contributed by atoms with van der Waals surface area (Å²) in [5.74, 6) is -0.790. The maximum absolute atomic E-state index is 12.3. The van der Waals surface area contributed by atoms with E-state index in [1.807, 2.05) is 6.07 Å². The van der Waals surface area contributed by atoms with Crippen molar-refractivity contribution >= 4 is 17.6 Å². The highest BCUT2D eigenvalue weighted by molar-refractivity contribution is 6.05. The molecule has 0 aliphatic heterocycles. The van der Waals surface area contributed by atoms with Gasteiger partial charge in [-0.3, -0.25) is 4.79 Å². The molecule has 3 aromatic rings. The predicted molar refractivity (Wildman–Crippen MR) is 94.3 cm³/mol. The lowest BCUT2D eigenvalue weighted by Crippen LogP contribution is -2.12. The van der Waals surface area contributed by atoms with Crippen molar-refractivity contribution in [3.63, 3.8) is 0 Å². The number of ether oxygens (including phenoxy) is 1. The Hall–Kier alpha value is -3.60. The van der Waals surface area contributed by atoms with Gasteiger partial charge in [0.25, 0.3) is 5.91 Å². The maximum atomic E-state index is 12.3. The summed E-state index contributed by atoms with van der Waals surface area (Å²) in [4.78, 5) is 23.6. The number of nitrogens with one attached hydrogen (secondary N) is 1. The van der Waals surface area contributed by atoms with Gasteiger partial charge in [0.1, 0.15) is 11.3 Å². The van der Waals surface area contributed by atoms with E-state index in [1.165, 1.54) is 6.07 Å². The van der Waals surface area contributed by atoms with Crippen molar-refractivity contribution in [2.24, 2.45) is 0 Å². The van der Waals surface area contributed by atoms with Crippen molar-refractivity contribution in [3.8, 4) is 11.5 Å². The SMILES string of the molecule is O=C(Nc1ccccc1Oc1ccccc1C(=O)O)c1ccccc1. The fraction of sp³-hybridized carbons (Fsp3) is 0. The van der Waals surface area contributed by atoms with E-state index < -0.39 is 5.97 Å². The molecule has 1 amide bonds. The van der Waals surface area contributed by atoms with Gasteiger partial charge >= 0.3 is 5.97 Å². The van der Waals surface area contributed by atoms with Gasteiger partial charge in [0.05, 0.1) is 5.69 Å². The van der Waals surface area contributed by atoms with Crippen molar-refractivity contribution in [1.82, 2.24) is 0 Å². The van der Waals surface area contributed by atoms with Gasteiger partial charge < -0.3 is 15.2 Å². The minimum absolute atomic E-state index is 0.0479. The first-order valence-corrected chi connectivity index (χ1v) is 7.61. The van der Waals surface area contributed by atoms with Crippen LogP contribution in [-0.4, -0.2) is 17.0 Å². The molecule has 0 heterocycles. The monoisotopic (exact) mass is 333 g/mol. The average Bonchev–Trinajstić information content (AvgIpc) is 2.64. The van der Waals surface area contributed by atoms with Gasteiger partial charge in [-0.15, -0.1) is 0 Å². The first-order chi connectivity index (χ1) is 12.1. The topological polar surface area (TPSA) is 75.6 Å². The third-order valence-corrected chi connectivity index (χ3v) is 3.51. The minimum Gasteiger partial charge on any atom is -0.478 e. The molecule has 2 N–H and O–H groups in total. The number of carbonyl (C=O) groups is 2. The summed E-state index contributed by atoms with van der Waals surface area (Å²) >= 11 is 0. The number of hydrogen-bond donors (Lipinski definition) is 2. The van der Waals surface area contributed by atoms with Gasteiger partial charge in [-0.2, -0.15) is 0 Å². The van der Waals surface area contributed by atoms with E-state index in [1.54, 1.807) is 66.7 Å². The minimum atomic E-state index is -1.08. The zero-order valence-corrected chi connectivity index (χ0v) is 13.2. The number of hydrogen-bond acceptors (Lipinski definition) is 3. The second kappa shape index (κ2) is 7.31. The highest BCUT2D eigenvalue weighted by Gasteiger charge is 2.14. The second-order valence-corrected chi connectivity index (χ2v) is 5.22. The Balaban J connectivity index is 1.87. The molecule has 124 valence electrons. The van der Waals surface area contributed by atoms with Crippen LogP contribution in [0.2, 0.25) is 0 Å². The Morgan fingerprint density at radius 2 is 1.36 bits per heavy atom. The first kappa shape index (κ1) is 16.3. The second-order valence-electron chi connectivity index (χ2n) is 5.22. The maximum Gasteiger partial charge on any atom is 0.339 e. The highest BCUT2D eigenvalue weighted by atomic mass is 16.5. The van der Waals surface area contributed by atoms with E-state index in [9.17, 15) is 14.7 Å². The summed E-state index contributed by atoms with van der Waals surface area (Å²) in [6, 6.07) is 22.0. The molecular weight excluding hydrogens is 318 g/mol. The van der Waals surface area contributed by atoms with Gasteiger partial charge in [-0.05, 0) is 36.4 Å². The number of anilines is 1. The summed E-state index contributed by atoms with van der Waals surface area (Å²) in [5.41, 5.74) is 1.02. The van der Waals surface area contributed by atoms with Crippen molar-refractivity contribution in [2.45, 2.75) is 0 Å². The molecule has 0 aromatic heterocycles. The van der Waals surface area contributed by atoms with Crippen molar-refractivity contribution in [3.05, 3.63) is 90.0 Å². The number of carbonyl (C=O) groups excluding carboxylic acids is 1. The summed E-state index contributed by atoms with van der Waals surface area (Å²) < 4.78 is 5.74. The zero-order chi connectivity index (χ0) is 17.6. The summed E-state index contributed by atoms with van der Waals surface area (Å²) in [7, 11) is 0. The van der Waals surface area contributed by atoms with Gasteiger partial charge in [-0.1, -0.05) is 42.5 Å². The summed E-state index contributed by atoms with van der Waals surface area (Å²) in [5, 5.41) is 12.0. The summed E-state index contributed by atoms with van der Waals surface area (Å²) in [6.45, 7) is 0. The Morgan fingerprint density at radius 1 is 0.760 bits per heavy atom. The number of rotatable bonds is 5. The molecule has 0 aliphatic rings. The molecule has 25 heavy (non-hydrogen) atoms. The molecule has 0 fully saturated rings. The first-order valence-electron chi connectivity index (χ1n) is 7.61. The quantitative estimate of drug-likeness (QED) is 0.724. The lowest BCUT2D eigenvalue weighted by Gasteiger charge is -2.13. The molecule has 3 rings (SSSR count). The standard InChI is InChI=1S/C20H15NO4/c22-19(14-8-2-1-3-9-14)21-16-11-5-7-13-18(16)25-17-12-6-4-10-15(17)20(23)24/h1-13H,(H,21,22)(H,23,24). The van der Waals surface area contributed by atoms with Gasteiger partial charge in [0.15, 0.2) is 5.75 Å². The fourth-order valence-corrected chi connectivity index (χ4v) is 2.29. The van der Waals surface area contributed by atoms with Crippen LogP contribution in [0.1, 0.15) is 20.7 Å². The van der Waals surface area contributed by atoms with E-state index >= 15 is 0 Å². The van der Waals surface area contributed by atoms with Crippen LogP contribution in [0.25, 0.3) is 0 Å². The zero-order valence-electron chi connectivity index (χ0n) is 13.2. The van der Waals surface area contributed by atoms with Crippen LogP contribution in [0.5, 0.6) is 11.5 Å². The van der Waals surface area contributed by atoms with Gasteiger partial charge in [0, 0.05) is 5.56 Å². The van der Waals surface area contributed by atoms with Crippen LogP contribution >= 0.6 is 0 Å². The molecule has 3 aromatic carbocycles. The molecule has 0 aliphatic carbocycles. The molecule has 0 atom stereocenters. The van der Waals surface area contributed by atoms with Crippen LogP contribution in [-0.2, 0) is 0 Å². The average molecular weight is 333 g/mol. The Morgan fingerprint density at radius 3 is 2.08 bits per heavy atom. The number of carboxylic acids is 1. The molecule has 0 saturated carbocycles. The van der Waals surface area contributed by atoms with E-state index in [-0.39, 0.29) is 17.2 Å². The van der Waals surface area contributed by atoms with Crippen molar-refractivity contribution in [2.75, 3.05) is 5.32 Å². The molecule has 0 spiro atoms. The highest BCUT2D eigenvalue weighted by Crippen LogP contribution is 2.31. The number of benzene rings is 3. The molecule has 0 unspecified atom stereocenters. The molecule has 5 heteroatoms. The Labute approximate surface area is 144 Å². The third kappa shape index (κ3) is 3.84. The predicted octanol–water partition coefficient (Wildman–Crippen LogP) is 4.43. The fourth-order valence-electron chi connectivity index (χ4n) is 2.29. The van der Waals surface area contributed by atoms with E-state index in [4.69, 9.17) is 4.74 Å². The number of carboxylic acid groups (broad SMARTS) is 1. The Kier molecular flexibility index (Phi) is 4.76. The van der Waals surface area contributed by atoms with E-state index in [2.05, 4.69) is 5.32 Å². The van der Waals surface area contributed by atoms with E-state index in [0.717, 1.165) is 0 Å². The van der Waals surface area contributed by atoms with Crippen LogP contribution in [0.4, 0.5) is 5.69 Å².